The number of rotatable bonds is 4. The molecule has 0 fully saturated rings. The Morgan fingerprint density at radius 3 is 2.87 bits per heavy atom. The van der Waals surface area contributed by atoms with Crippen LogP contribution in [0.3, 0.4) is 0 Å². The maximum atomic E-state index is 4.40. The smallest absolute Gasteiger partial charge is 0.0897 e. The lowest BCUT2D eigenvalue weighted by atomic mass is 10.4. The predicted octanol–water partition coefficient (Wildman–Crippen LogP) is 3.57. The van der Waals surface area contributed by atoms with Crippen molar-refractivity contribution >= 4 is 38.6 Å². The SMILES string of the molecule is Cc1nc(CNCc2ccc(Br)s2)cs1. The first-order valence-electron chi connectivity index (χ1n) is 4.60. The second-order valence-electron chi connectivity index (χ2n) is 3.17. The van der Waals surface area contributed by atoms with E-state index in [0.717, 1.165) is 23.8 Å². The molecule has 2 nitrogen and oxygen atoms in total. The summed E-state index contributed by atoms with van der Waals surface area (Å²) in [6, 6.07) is 4.21. The normalized spacial score (nSPS) is 10.8. The van der Waals surface area contributed by atoms with Crippen molar-refractivity contribution in [3.63, 3.8) is 0 Å². The highest BCUT2D eigenvalue weighted by Gasteiger charge is 1.99. The predicted molar refractivity (Wildman–Crippen MR) is 69.4 cm³/mol. The largest absolute Gasteiger partial charge is 0.306 e. The van der Waals surface area contributed by atoms with Gasteiger partial charge in [0.15, 0.2) is 0 Å². The fraction of sp³-hybridized carbons (Fsp3) is 0.300. The van der Waals surface area contributed by atoms with Crippen LogP contribution in [0.2, 0.25) is 0 Å². The Morgan fingerprint density at radius 2 is 2.27 bits per heavy atom. The molecule has 0 aliphatic carbocycles. The molecule has 0 unspecified atom stereocenters. The number of aryl methyl sites for hydroxylation is 1. The topological polar surface area (TPSA) is 24.9 Å². The fourth-order valence-corrected chi connectivity index (χ4v) is 3.32. The van der Waals surface area contributed by atoms with E-state index in [1.807, 2.05) is 6.92 Å². The maximum absolute atomic E-state index is 4.40. The van der Waals surface area contributed by atoms with E-state index in [4.69, 9.17) is 0 Å². The van der Waals surface area contributed by atoms with Gasteiger partial charge in [0.2, 0.25) is 0 Å². The number of aromatic nitrogens is 1. The van der Waals surface area contributed by atoms with E-state index in [9.17, 15) is 0 Å². The average Bonchev–Trinajstić information content (AvgIpc) is 2.76. The van der Waals surface area contributed by atoms with Gasteiger partial charge in [-0.25, -0.2) is 4.98 Å². The van der Waals surface area contributed by atoms with Crippen LogP contribution >= 0.6 is 38.6 Å². The Bertz CT molecular complexity index is 396. The molecule has 0 saturated heterocycles. The van der Waals surface area contributed by atoms with E-state index in [1.54, 1.807) is 22.7 Å². The van der Waals surface area contributed by atoms with Crippen molar-refractivity contribution < 1.29 is 0 Å². The quantitative estimate of drug-likeness (QED) is 0.934. The summed E-state index contributed by atoms with van der Waals surface area (Å²) in [7, 11) is 0. The van der Waals surface area contributed by atoms with Crippen molar-refractivity contribution in [2.24, 2.45) is 0 Å². The standard InChI is InChI=1S/C10H11BrN2S2/c1-7-13-8(6-14-7)4-12-5-9-2-3-10(11)15-9/h2-3,6,12H,4-5H2,1H3. The van der Waals surface area contributed by atoms with Crippen molar-refractivity contribution in [1.29, 1.82) is 0 Å². The molecule has 2 aromatic heterocycles. The molecule has 15 heavy (non-hydrogen) atoms. The van der Waals surface area contributed by atoms with Crippen molar-refractivity contribution in [1.82, 2.24) is 10.3 Å². The lowest BCUT2D eigenvalue weighted by molar-refractivity contribution is 0.688. The Balaban J connectivity index is 1.80. The summed E-state index contributed by atoms with van der Waals surface area (Å²) in [5.41, 5.74) is 1.13. The molecule has 0 aliphatic heterocycles. The molecule has 0 saturated carbocycles. The van der Waals surface area contributed by atoms with E-state index in [1.165, 1.54) is 8.66 Å². The van der Waals surface area contributed by atoms with Gasteiger partial charge in [0, 0.05) is 23.3 Å². The fourth-order valence-electron chi connectivity index (χ4n) is 1.25. The average molecular weight is 303 g/mol. The van der Waals surface area contributed by atoms with Crippen LogP contribution in [0.5, 0.6) is 0 Å². The highest BCUT2D eigenvalue weighted by molar-refractivity contribution is 9.11. The molecule has 5 heteroatoms. The zero-order chi connectivity index (χ0) is 10.7. The van der Waals surface area contributed by atoms with Crippen LogP contribution in [0, 0.1) is 6.92 Å². The number of thiazole rings is 1. The number of hydrogen-bond acceptors (Lipinski definition) is 4. The molecule has 0 aromatic carbocycles. The Kier molecular flexibility index (Phi) is 3.91. The molecule has 0 atom stereocenters. The molecular weight excluding hydrogens is 292 g/mol. The molecular formula is C10H11BrN2S2. The summed E-state index contributed by atoms with van der Waals surface area (Å²) in [6.45, 7) is 3.79. The third-order valence-electron chi connectivity index (χ3n) is 1.90. The van der Waals surface area contributed by atoms with E-state index in [2.05, 4.69) is 43.7 Å². The molecule has 0 bridgehead atoms. The van der Waals surface area contributed by atoms with Crippen LogP contribution in [0.4, 0.5) is 0 Å². The van der Waals surface area contributed by atoms with Crippen molar-refractivity contribution in [3.8, 4) is 0 Å². The molecule has 1 N–H and O–H groups in total. The first-order chi connectivity index (χ1) is 7.24. The maximum Gasteiger partial charge on any atom is 0.0897 e. The molecule has 2 aromatic rings. The molecule has 2 heterocycles. The molecule has 0 aliphatic rings. The molecule has 0 amide bonds. The number of nitrogens with one attached hydrogen (secondary N) is 1. The van der Waals surface area contributed by atoms with Gasteiger partial charge in [-0.2, -0.15) is 0 Å². The van der Waals surface area contributed by atoms with Crippen molar-refractivity contribution in [2.75, 3.05) is 0 Å². The van der Waals surface area contributed by atoms with Gasteiger partial charge in [0.25, 0.3) is 0 Å². The van der Waals surface area contributed by atoms with E-state index < -0.39 is 0 Å². The van der Waals surface area contributed by atoms with Gasteiger partial charge in [0.1, 0.15) is 0 Å². The van der Waals surface area contributed by atoms with Gasteiger partial charge in [-0.3, -0.25) is 0 Å². The van der Waals surface area contributed by atoms with Crippen LogP contribution < -0.4 is 5.32 Å². The molecule has 80 valence electrons. The Morgan fingerprint density at radius 1 is 1.40 bits per heavy atom. The minimum Gasteiger partial charge on any atom is -0.306 e. The lowest BCUT2D eigenvalue weighted by Crippen LogP contribution is -2.11. The summed E-state index contributed by atoms with van der Waals surface area (Å²) in [4.78, 5) is 5.74. The zero-order valence-corrected chi connectivity index (χ0v) is 11.5. The van der Waals surface area contributed by atoms with Crippen LogP contribution in [-0.4, -0.2) is 4.98 Å². The summed E-state index contributed by atoms with van der Waals surface area (Å²) in [5.74, 6) is 0. The summed E-state index contributed by atoms with van der Waals surface area (Å²) in [6.07, 6.45) is 0. The lowest BCUT2D eigenvalue weighted by Gasteiger charge is -1.99. The van der Waals surface area contributed by atoms with Crippen LogP contribution in [0.1, 0.15) is 15.6 Å². The number of halogens is 1. The third kappa shape index (κ3) is 3.38. The van der Waals surface area contributed by atoms with Crippen molar-refractivity contribution in [2.45, 2.75) is 20.0 Å². The number of thiophene rings is 1. The third-order valence-corrected chi connectivity index (χ3v) is 4.35. The van der Waals surface area contributed by atoms with Crippen molar-refractivity contribution in [3.05, 3.63) is 36.9 Å². The van der Waals surface area contributed by atoms with E-state index >= 15 is 0 Å². The van der Waals surface area contributed by atoms with Crippen LogP contribution in [0.15, 0.2) is 21.3 Å². The summed E-state index contributed by atoms with van der Waals surface area (Å²) >= 11 is 6.92. The second-order valence-corrected chi connectivity index (χ2v) is 6.78. The van der Waals surface area contributed by atoms with Gasteiger partial charge >= 0.3 is 0 Å². The van der Waals surface area contributed by atoms with E-state index in [0.29, 0.717) is 0 Å². The molecule has 0 spiro atoms. The minimum atomic E-state index is 0.847. The monoisotopic (exact) mass is 302 g/mol. The Labute approximate surface area is 106 Å². The summed E-state index contributed by atoms with van der Waals surface area (Å²) in [5, 5.41) is 6.61. The zero-order valence-electron chi connectivity index (χ0n) is 8.29. The summed E-state index contributed by atoms with van der Waals surface area (Å²) < 4.78 is 1.18. The van der Waals surface area contributed by atoms with Gasteiger partial charge in [0.05, 0.1) is 14.5 Å². The first kappa shape index (κ1) is 11.3. The highest BCUT2D eigenvalue weighted by Crippen LogP contribution is 2.21. The molecule has 2 rings (SSSR count). The van der Waals surface area contributed by atoms with Gasteiger partial charge in [-0.05, 0) is 35.0 Å². The Hall–Kier alpha value is -0.230. The van der Waals surface area contributed by atoms with E-state index in [-0.39, 0.29) is 0 Å². The van der Waals surface area contributed by atoms with Crippen LogP contribution in [-0.2, 0) is 13.1 Å². The van der Waals surface area contributed by atoms with Gasteiger partial charge < -0.3 is 5.32 Å². The van der Waals surface area contributed by atoms with Crippen LogP contribution in [0.25, 0.3) is 0 Å². The number of nitrogens with zero attached hydrogens (tertiary/aromatic N) is 1. The molecule has 0 radical (unpaired) electrons. The second kappa shape index (κ2) is 5.21. The number of hydrogen-bond donors (Lipinski definition) is 1. The first-order valence-corrected chi connectivity index (χ1v) is 7.09. The van der Waals surface area contributed by atoms with Gasteiger partial charge in [-0.15, -0.1) is 22.7 Å². The minimum absolute atomic E-state index is 0.847. The highest BCUT2D eigenvalue weighted by atomic mass is 79.9. The van der Waals surface area contributed by atoms with Gasteiger partial charge in [-0.1, -0.05) is 0 Å².